The van der Waals surface area contributed by atoms with Gasteiger partial charge in [-0.3, -0.25) is 0 Å². The molecule has 1 N–H and O–H groups in total. The van der Waals surface area contributed by atoms with E-state index in [1.807, 2.05) is 23.1 Å². The molecule has 2 aromatic rings. The number of carboxylic acid groups (broad SMARTS) is 1. The van der Waals surface area contributed by atoms with Crippen molar-refractivity contribution in [2.75, 3.05) is 11.4 Å². The Morgan fingerprint density at radius 1 is 1.44 bits per heavy atom. The molecule has 1 aliphatic heterocycles. The highest BCUT2D eigenvalue weighted by atomic mass is 16.4. The average molecular weight is 243 g/mol. The molecule has 1 saturated heterocycles. The third-order valence-corrected chi connectivity index (χ3v) is 3.37. The molecule has 0 bridgehead atoms. The van der Waals surface area contributed by atoms with Crippen LogP contribution in [0.3, 0.4) is 0 Å². The Balaban J connectivity index is 2.11. The minimum Gasteiger partial charge on any atom is -0.480 e. The van der Waals surface area contributed by atoms with E-state index in [0.717, 1.165) is 29.6 Å². The lowest BCUT2D eigenvalue weighted by Gasteiger charge is -2.24. The molecule has 1 unspecified atom stereocenters. The first kappa shape index (κ1) is 11.0. The van der Waals surface area contributed by atoms with Crippen LogP contribution in [0.5, 0.6) is 0 Å². The quantitative estimate of drug-likeness (QED) is 0.869. The second-order valence-corrected chi connectivity index (χ2v) is 4.42. The maximum atomic E-state index is 11.2. The van der Waals surface area contributed by atoms with Gasteiger partial charge in [0.2, 0.25) is 0 Å². The van der Waals surface area contributed by atoms with Gasteiger partial charge in [-0.25, -0.2) is 14.8 Å². The Bertz CT molecular complexity index is 594. The van der Waals surface area contributed by atoms with E-state index in [1.54, 1.807) is 6.20 Å². The first-order valence-corrected chi connectivity index (χ1v) is 5.95. The molecule has 2 heterocycles. The fraction of sp³-hybridized carbons (Fsp3) is 0.308. The minimum absolute atomic E-state index is 0.434. The molecule has 1 aliphatic rings. The van der Waals surface area contributed by atoms with Crippen LogP contribution in [0.4, 0.5) is 5.69 Å². The smallest absolute Gasteiger partial charge is 0.326 e. The molecule has 1 aromatic heterocycles. The van der Waals surface area contributed by atoms with Gasteiger partial charge >= 0.3 is 5.97 Å². The first-order valence-electron chi connectivity index (χ1n) is 5.95. The molecule has 0 spiro atoms. The maximum Gasteiger partial charge on any atom is 0.326 e. The van der Waals surface area contributed by atoms with Gasteiger partial charge in [0.25, 0.3) is 0 Å². The molecular formula is C13H13N3O2. The minimum atomic E-state index is -0.763. The van der Waals surface area contributed by atoms with Crippen molar-refractivity contribution < 1.29 is 9.90 Å². The molecule has 0 saturated carbocycles. The standard InChI is InChI=1S/C13H13N3O2/c17-13(18)12-5-2-6-16(12)11-4-1-3-10-9(11)7-14-8-15-10/h1,3-4,7-8,12H,2,5-6H2,(H,17,18). The Labute approximate surface area is 104 Å². The van der Waals surface area contributed by atoms with Gasteiger partial charge < -0.3 is 10.0 Å². The van der Waals surface area contributed by atoms with Crippen molar-refractivity contribution in [3.8, 4) is 0 Å². The number of fused-ring (bicyclic) bond motifs is 1. The van der Waals surface area contributed by atoms with Crippen molar-refractivity contribution in [3.63, 3.8) is 0 Å². The largest absolute Gasteiger partial charge is 0.480 e. The van der Waals surface area contributed by atoms with Gasteiger partial charge in [-0.1, -0.05) is 6.07 Å². The molecule has 92 valence electrons. The predicted molar refractivity (Wildman–Crippen MR) is 67.5 cm³/mol. The van der Waals surface area contributed by atoms with E-state index in [-0.39, 0.29) is 0 Å². The lowest BCUT2D eigenvalue weighted by atomic mass is 10.1. The average Bonchev–Trinajstić information content (AvgIpc) is 2.87. The van der Waals surface area contributed by atoms with E-state index in [0.29, 0.717) is 6.42 Å². The summed E-state index contributed by atoms with van der Waals surface area (Å²) in [4.78, 5) is 21.4. The van der Waals surface area contributed by atoms with Crippen LogP contribution in [-0.4, -0.2) is 33.6 Å². The molecule has 1 aromatic carbocycles. The van der Waals surface area contributed by atoms with Gasteiger partial charge in [0.15, 0.2) is 0 Å². The number of nitrogens with zero attached hydrogens (tertiary/aromatic N) is 3. The monoisotopic (exact) mass is 243 g/mol. The van der Waals surface area contributed by atoms with Crippen molar-refractivity contribution in [2.24, 2.45) is 0 Å². The summed E-state index contributed by atoms with van der Waals surface area (Å²) < 4.78 is 0. The molecule has 1 fully saturated rings. The highest BCUT2D eigenvalue weighted by Crippen LogP contribution is 2.31. The number of rotatable bonds is 2. The van der Waals surface area contributed by atoms with E-state index in [1.165, 1.54) is 6.33 Å². The summed E-state index contributed by atoms with van der Waals surface area (Å²) in [6.45, 7) is 0.769. The van der Waals surface area contributed by atoms with Crippen LogP contribution in [0, 0.1) is 0 Å². The second kappa shape index (κ2) is 4.25. The molecule has 5 heteroatoms. The number of anilines is 1. The van der Waals surface area contributed by atoms with Crippen LogP contribution in [-0.2, 0) is 4.79 Å². The van der Waals surface area contributed by atoms with Crippen LogP contribution in [0.15, 0.2) is 30.7 Å². The zero-order valence-electron chi connectivity index (χ0n) is 9.78. The van der Waals surface area contributed by atoms with Crippen LogP contribution in [0.25, 0.3) is 10.9 Å². The van der Waals surface area contributed by atoms with E-state index in [2.05, 4.69) is 9.97 Å². The van der Waals surface area contributed by atoms with Crippen LogP contribution in [0.1, 0.15) is 12.8 Å². The SMILES string of the molecule is O=C(O)C1CCCN1c1cccc2ncncc12. The zero-order valence-corrected chi connectivity index (χ0v) is 9.78. The number of aliphatic carboxylic acids is 1. The summed E-state index contributed by atoms with van der Waals surface area (Å²) in [5.74, 6) is -0.763. The van der Waals surface area contributed by atoms with Crippen LogP contribution in [0.2, 0.25) is 0 Å². The fourth-order valence-electron chi connectivity index (χ4n) is 2.55. The number of hydrogen-bond donors (Lipinski definition) is 1. The van der Waals surface area contributed by atoms with Crippen molar-refractivity contribution >= 4 is 22.6 Å². The summed E-state index contributed by atoms with van der Waals surface area (Å²) in [5.41, 5.74) is 1.76. The molecule has 3 rings (SSSR count). The molecule has 1 atom stereocenters. The van der Waals surface area contributed by atoms with Gasteiger partial charge in [-0.15, -0.1) is 0 Å². The van der Waals surface area contributed by atoms with E-state index in [9.17, 15) is 9.90 Å². The van der Waals surface area contributed by atoms with Crippen LogP contribution >= 0.6 is 0 Å². The number of benzene rings is 1. The Kier molecular flexibility index (Phi) is 2.59. The number of carbonyl (C=O) groups is 1. The normalized spacial score (nSPS) is 19.3. The van der Waals surface area contributed by atoms with Crippen molar-refractivity contribution in [2.45, 2.75) is 18.9 Å². The lowest BCUT2D eigenvalue weighted by molar-refractivity contribution is -0.138. The predicted octanol–water partition coefficient (Wildman–Crippen LogP) is 1.68. The molecule has 0 radical (unpaired) electrons. The summed E-state index contributed by atoms with van der Waals surface area (Å²) >= 11 is 0. The Morgan fingerprint density at radius 3 is 3.17 bits per heavy atom. The highest BCUT2D eigenvalue weighted by molar-refractivity contribution is 5.93. The molecule has 0 amide bonds. The molecular weight excluding hydrogens is 230 g/mol. The van der Waals surface area contributed by atoms with E-state index < -0.39 is 12.0 Å². The summed E-state index contributed by atoms with van der Waals surface area (Å²) in [6.07, 6.45) is 4.85. The second-order valence-electron chi connectivity index (χ2n) is 4.42. The molecule has 18 heavy (non-hydrogen) atoms. The molecule has 5 nitrogen and oxygen atoms in total. The van der Waals surface area contributed by atoms with E-state index in [4.69, 9.17) is 0 Å². The number of aromatic nitrogens is 2. The van der Waals surface area contributed by atoms with Gasteiger partial charge in [0, 0.05) is 23.8 Å². The van der Waals surface area contributed by atoms with E-state index >= 15 is 0 Å². The third kappa shape index (κ3) is 1.68. The summed E-state index contributed by atoms with van der Waals surface area (Å²) in [5, 5.41) is 10.2. The Morgan fingerprint density at radius 2 is 2.33 bits per heavy atom. The Hall–Kier alpha value is -2.17. The highest BCUT2D eigenvalue weighted by Gasteiger charge is 2.31. The fourth-order valence-corrected chi connectivity index (χ4v) is 2.55. The topological polar surface area (TPSA) is 66.3 Å². The summed E-state index contributed by atoms with van der Waals surface area (Å²) in [7, 11) is 0. The van der Waals surface area contributed by atoms with Crippen molar-refractivity contribution in [1.29, 1.82) is 0 Å². The van der Waals surface area contributed by atoms with Gasteiger partial charge in [-0.05, 0) is 25.0 Å². The van der Waals surface area contributed by atoms with Crippen molar-refractivity contribution in [3.05, 3.63) is 30.7 Å². The van der Waals surface area contributed by atoms with Gasteiger partial charge in [-0.2, -0.15) is 0 Å². The summed E-state index contributed by atoms with van der Waals surface area (Å²) in [6, 6.07) is 5.32. The number of hydrogen-bond acceptors (Lipinski definition) is 4. The first-order chi connectivity index (χ1) is 8.77. The number of carboxylic acids is 1. The molecule has 0 aliphatic carbocycles. The lowest BCUT2D eigenvalue weighted by Crippen LogP contribution is -2.35. The van der Waals surface area contributed by atoms with Gasteiger partial charge in [0.05, 0.1) is 5.52 Å². The van der Waals surface area contributed by atoms with Crippen LogP contribution < -0.4 is 4.90 Å². The zero-order chi connectivity index (χ0) is 12.5. The van der Waals surface area contributed by atoms with Gasteiger partial charge in [0.1, 0.15) is 12.4 Å². The third-order valence-electron chi connectivity index (χ3n) is 3.37. The van der Waals surface area contributed by atoms with Crippen molar-refractivity contribution in [1.82, 2.24) is 9.97 Å². The maximum absolute atomic E-state index is 11.2.